The van der Waals surface area contributed by atoms with Crippen LogP contribution in [0.25, 0.3) is 10.6 Å². The van der Waals surface area contributed by atoms with E-state index in [-0.39, 0.29) is 11.8 Å². The number of rotatable bonds is 3. The van der Waals surface area contributed by atoms with E-state index >= 15 is 0 Å². The van der Waals surface area contributed by atoms with Gasteiger partial charge in [0, 0.05) is 38.3 Å². The lowest BCUT2D eigenvalue weighted by Gasteiger charge is -2.32. The number of aromatic nitrogens is 5. The van der Waals surface area contributed by atoms with Gasteiger partial charge in [-0.05, 0) is 37.4 Å². The van der Waals surface area contributed by atoms with E-state index in [1.54, 1.807) is 24.0 Å². The Balaban J connectivity index is 1.57. The van der Waals surface area contributed by atoms with E-state index in [0.29, 0.717) is 18.0 Å². The normalized spacial score (nSPS) is 17.8. The third-order valence-corrected chi connectivity index (χ3v) is 5.26. The fraction of sp³-hybridized carbons (Fsp3) is 0.438. The molecule has 0 unspecified atom stereocenters. The molecule has 0 aromatic carbocycles. The summed E-state index contributed by atoms with van der Waals surface area (Å²) in [5, 5.41) is 12.4. The average molecular weight is 358 g/mol. The van der Waals surface area contributed by atoms with Crippen molar-refractivity contribution in [1.29, 1.82) is 0 Å². The molecule has 9 heteroatoms. The highest BCUT2D eigenvalue weighted by atomic mass is 32.1. The van der Waals surface area contributed by atoms with Crippen LogP contribution in [0, 0.1) is 6.92 Å². The van der Waals surface area contributed by atoms with Gasteiger partial charge in [0.2, 0.25) is 0 Å². The topological polar surface area (TPSA) is 89.9 Å². The number of amides is 1. The van der Waals surface area contributed by atoms with Crippen LogP contribution in [0.4, 0.5) is 0 Å². The van der Waals surface area contributed by atoms with E-state index < -0.39 is 0 Å². The molecular formula is C16H18N6O2S. The molecule has 25 heavy (non-hydrogen) atoms. The van der Waals surface area contributed by atoms with Crippen molar-refractivity contribution in [3.8, 4) is 10.6 Å². The molecule has 4 rings (SSSR count). The Labute approximate surface area is 148 Å². The first-order valence-corrected chi connectivity index (χ1v) is 8.94. The molecule has 0 saturated carbocycles. The summed E-state index contributed by atoms with van der Waals surface area (Å²) in [6, 6.07) is 3.64. The minimum absolute atomic E-state index is 0.00458. The monoisotopic (exact) mass is 358 g/mol. The molecule has 3 aromatic rings. The van der Waals surface area contributed by atoms with E-state index in [0.717, 1.165) is 35.7 Å². The SMILES string of the molecule is Cc1cc(-c2snnc2[C@@H]2CCCN(C(=O)c3ccnn3C)C2)on1. The fourth-order valence-electron chi connectivity index (χ4n) is 3.24. The Morgan fingerprint density at radius 2 is 2.32 bits per heavy atom. The standard InChI is InChI=1S/C16H18N6O2S/c1-10-8-13(24-19-10)15-14(18-20-25-15)11-4-3-7-22(9-11)16(23)12-5-6-17-21(12)2/h5-6,8,11H,3-4,7,9H2,1-2H3/t11-/m1/s1. The van der Waals surface area contributed by atoms with Gasteiger partial charge in [0.15, 0.2) is 5.76 Å². The predicted molar refractivity (Wildman–Crippen MR) is 91.2 cm³/mol. The Morgan fingerprint density at radius 3 is 3.04 bits per heavy atom. The second-order valence-electron chi connectivity index (χ2n) is 6.25. The average Bonchev–Trinajstić information content (AvgIpc) is 3.34. The Kier molecular flexibility index (Phi) is 4.08. The van der Waals surface area contributed by atoms with E-state index in [4.69, 9.17) is 4.52 Å². The molecular weight excluding hydrogens is 340 g/mol. The molecule has 1 amide bonds. The maximum atomic E-state index is 12.8. The van der Waals surface area contributed by atoms with Gasteiger partial charge in [-0.2, -0.15) is 5.10 Å². The number of hydrogen-bond acceptors (Lipinski definition) is 7. The van der Waals surface area contributed by atoms with Gasteiger partial charge in [-0.25, -0.2) is 0 Å². The lowest BCUT2D eigenvalue weighted by Crippen LogP contribution is -2.40. The van der Waals surface area contributed by atoms with Crippen molar-refractivity contribution in [2.45, 2.75) is 25.7 Å². The summed E-state index contributed by atoms with van der Waals surface area (Å²) in [5.41, 5.74) is 2.32. The molecule has 0 bridgehead atoms. The van der Waals surface area contributed by atoms with Gasteiger partial charge >= 0.3 is 0 Å². The van der Waals surface area contributed by atoms with Crippen molar-refractivity contribution in [1.82, 2.24) is 29.4 Å². The largest absolute Gasteiger partial charge is 0.355 e. The third-order valence-electron chi connectivity index (χ3n) is 4.50. The summed E-state index contributed by atoms with van der Waals surface area (Å²) in [5.74, 6) is 0.840. The summed E-state index contributed by atoms with van der Waals surface area (Å²) >= 11 is 1.31. The quantitative estimate of drug-likeness (QED) is 0.713. The molecule has 1 aliphatic rings. The summed E-state index contributed by atoms with van der Waals surface area (Å²) in [6.07, 6.45) is 3.55. The molecule has 1 atom stereocenters. The van der Waals surface area contributed by atoms with E-state index in [1.165, 1.54) is 11.5 Å². The first kappa shape index (κ1) is 15.9. The van der Waals surface area contributed by atoms with Crippen molar-refractivity contribution < 1.29 is 9.32 Å². The van der Waals surface area contributed by atoms with Crippen LogP contribution in [0.2, 0.25) is 0 Å². The van der Waals surface area contributed by atoms with Crippen molar-refractivity contribution in [3.05, 3.63) is 35.4 Å². The van der Waals surface area contributed by atoms with Crippen LogP contribution in [-0.2, 0) is 7.05 Å². The second kappa shape index (κ2) is 6.40. The first-order valence-electron chi connectivity index (χ1n) is 8.16. The highest BCUT2D eigenvalue weighted by molar-refractivity contribution is 7.09. The first-order chi connectivity index (χ1) is 12.1. The highest BCUT2D eigenvalue weighted by Crippen LogP contribution is 2.35. The van der Waals surface area contributed by atoms with Crippen LogP contribution >= 0.6 is 11.5 Å². The van der Waals surface area contributed by atoms with Gasteiger partial charge in [-0.15, -0.1) is 5.10 Å². The highest BCUT2D eigenvalue weighted by Gasteiger charge is 2.31. The minimum atomic E-state index is 0.00458. The zero-order chi connectivity index (χ0) is 17.4. The number of likely N-dealkylation sites (tertiary alicyclic amines) is 1. The van der Waals surface area contributed by atoms with Crippen molar-refractivity contribution in [2.24, 2.45) is 7.05 Å². The lowest BCUT2D eigenvalue weighted by atomic mass is 9.93. The Hall–Kier alpha value is -2.55. The Bertz CT molecular complexity index is 898. The van der Waals surface area contributed by atoms with Crippen molar-refractivity contribution >= 4 is 17.4 Å². The van der Waals surface area contributed by atoms with Crippen molar-refractivity contribution in [3.63, 3.8) is 0 Å². The van der Waals surface area contributed by atoms with Gasteiger partial charge in [0.25, 0.3) is 5.91 Å². The summed E-state index contributed by atoms with van der Waals surface area (Å²) in [7, 11) is 1.78. The van der Waals surface area contributed by atoms with Crippen molar-refractivity contribution in [2.75, 3.05) is 13.1 Å². The number of hydrogen-bond donors (Lipinski definition) is 0. The van der Waals surface area contributed by atoms with Gasteiger partial charge in [-0.1, -0.05) is 9.64 Å². The summed E-state index contributed by atoms with van der Waals surface area (Å²) in [4.78, 5) is 15.5. The van der Waals surface area contributed by atoms with Crippen LogP contribution in [-0.4, -0.2) is 48.4 Å². The van der Waals surface area contributed by atoms with Crippen LogP contribution in [0.1, 0.15) is 40.6 Å². The zero-order valence-corrected chi connectivity index (χ0v) is 14.9. The van der Waals surface area contributed by atoms with Crippen LogP contribution in [0.5, 0.6) is 0 Å². The molecule has 8 nitrogen and oxygen atoms in total. The van der Waals surface area contributed by atoms with Crippen LogP contribution in [0.3, 0.4) is 0 Å². The van der Waals surface area contributed by atoms with E-state index in [1.807, 2.05) is 17.9 Å². The van der Waals surface area contributed by atoms with Crippen LogP contribution < -0.4 is 0 Å². The molecule has 1 saturated heterocycles. The zero-order valence-electron chi connectivity index (χ0n) is 14.0. The third kappa shape index (κ3) is 2.95. The summed E-state index contributed by atoms with van der Waals surface area (Å²) < 4.78 is 11.1. The molecule has 0 N–H and O–H groups in total. The molecule has 1 aliphatic heterocycles. The number of aryl methyl sites for hydroxylation is 2. The lowest BCUT2D eigenvalue weighted by molar-refractivity contribution is 0.0695. The minimum Gasteiger partial charge on any atom is -0.355 e. The maximum Gasteiger partial charge on any atom is 0.272 e. The van der Waals surface area contributed by atoms with Gasteiger partial charge in [0.05, 0.1) is 11.4 Å². The molecule has 4 heterocycles. The molecule has 0 radical (unpaired) electrons. The fourth-order valence-corrected chi connectivity index (χ4v) is 3.93. The molecule has 3 aromatic heterocycles. The van der Waals surface area contributed by atoms with Gasteiger partial charge in [-0.3, -0.25) is 9.48 Å². The number of carbonyl (C=O) groups is 1. The van der Waals surface area contributed by atoms with Crippen LogP contribution in [0.15, 0.2) is 22.9 Å². The summed E-state index contributed by atoms with van der Waals surface area (Å²) in [6.45, 7) is 3.25. The molecule has 0 aliphatic carbocycles. The Morgan fingerprint density at radius 1 is 1.44 bits per heavy atom. The van der Waals surface area contributed by atoms with Gasteiger partial charge in [0.1, 0.15) is 10.6 Å². The van der Waals surface area contributed by atoms with E-state index in [9.17, 15) is 4.79 Å². The predicted octanol–water partition coefficient (Wildman–Crippen LogP) is 2.25. The number of carbonyl (C=O) groups excluding carboxylic acids is 1. The second-order valence-corrected chi connectivity index (χ2v) is 7.00. The maximum absolute atomic E-state index is 12.8. The molecule has 130 valence electrons. The molecule has 1 fully saturated rings. The molecule has 0 spiro atoms. The number of piperidine rings is 1. The number of nitrogens with zero attached hydrogens (tertiary/aromatic N) is 6. The van der Waals surface area contributed by atoms with Gasteiger partial charge < -0.3 is 9.42 Å². The van der Waals surface area contributed by atoms with E-state index in [2.05, 4.69) is 19.8 Å². The smallest absolute Gasteiger partial charge is 0.272 e.